The summed E-state index contributed by atoms with van der Waals surface area (Å²) in [6.45, 7) is 15.8. The van der Waals surface area contributed by atoms with Gasteiger partial charge < -0.3 is 9.22 Å². The van der Waals surface area contributed by atoms with E-state index in [1.807, 2.05) is 0 Å². The molecule has 0 saturated heterocycles. The van der Waals surface area contributed by atoms with Crippen LogP contribution in [0.25, 0.3) is 0 Å². The first-order valence-corrected chi connectivity index (χ1v) is 6.67. The van der Waals surface area contributed by atoms with Gasteiger partial charge in [0.05, 0.1) is 26.2 Å². The van der Waals surface area contributed by atoms with Crippen LogP contribution in [0.5, 0.6) is 0 Å². The van der Waals surface area contributed by atoms with Gasteiger partial charge in [-0.05, 0) is 26.7 Å². The summed E-state index contributed by atoms with van der Waals surface area (Å²) in [7, 11) is 0. The third kappa shape index (κ3) is 6.16. The van der Waals surface area contributed by atoms with Gasteiger partial charge in [-0.1, -0.05) is 20.3 Å². The van der Waals surface area contributed by atoms with Crippen LogP contribution in [0.1, 0.15) is 47.0 Å². The molecule has 1 atom stereocenters. The van der Waals surface area contributed by atoms with Crippen LogP contribution in [0.4, 0.5) is 0 Å². The van der Waals surface area contributed by atoms with E-state index in [9.17, 15) is 0 Å². The second kappa shape index (κ2) is 9.17. The van der Waals surface area contributed by atoms with E-state index in [1.165, 1.54) is 49.9 Å². The third-order valence-corrected chi connectivity index (χ3v) is 3.27. The van der Waals surface area contributed by atoms with Crippen LogP contribution in [0, 0.1) is 0 Å². The van der Waals surface area contributed by atoms with Crippen LogP contribution in [-0.2, 0) is 4.74 Å². The van der Waals surface area contributed by atoms with Crippen molar-refractivity contribution in [2.45, 2.75) is 47.0 Å². The summed E-state index contributed by atoms with van der Waals surface area (Å²) in [5, 5.41) is 0. The molecule has 0 spiro atoms. The maximum Gasteiger partial charge on any atom is 0.102 e. The van der Waals surface area contributed by atoms with Gasteiger partial charge in [0.1, 0.15) is 6.54 Å². The molecular weight excluding hydrogens is 186 g/mol. The zero-order valence-corrected chi connectivity index (χ0v) is 11.2. The molecule has 0 radical (unpaired) electrons. The van der Waals surface area contributed by atoms with Crippen LogP contribution in [-0.4, -0.2) is 43.9 Å². The van der Waals surface area contributed by atoms with Gasteiger partial charge in [-0.15, -0.1) is 0 Å². The van der Waals surface area contributed by atoms with Crippen molar-refractivity contribution in [2.75, 3.05) is 39.4 Å². The minimum Gasteiger partial charge on any atom is -0.376 e. The molecule has 0 bridgehead atoms. The van der Waals surface area contributed by atoms with Crippen LogP contribution in [0.15, 0.2) is 0 Å². The van der Waals surface area contributed by atoms with Crippen LogP contribution >= 0.6 is 0 Å². The SMILES string of the molecule is CCCC[N+](CC)(CCC)CCOCC. The van der Waals surface area contributed by atoms with Crippen LogP contribution in [0.2, 0.25) is 0 Å². The van der Waals surface area contributed by atoms with E-state index >= 15 is 0 Å². The van der Waals surface area contributed by atoms with Gasteiger partial charge in [-0.25, -0.2) is 0 Å². The Morgan fingerprint density at radius 3 is 2.07 bits per heavy atom. The lowest BCUT2D eigenvalue weighted by atomic mass is 10.2. The van der Waals surface area contributed by atoms with Crippen molar-refractivity contribution < 1.29 is 9.22 Å². The van der Waals surface area contributed by atoms with Crippen LogP contribution < -0.4 is 0 Å². The Kier molecular flexibility index (Phi) is 9.12. The molecule has 0 N–H and O–H groups in total. The van der Waals surface area contributed by atoms with Crippen molar-refractivity contribution in [3.05, 3.63) is 0 Å². The first kappa shape index (κ1) is 14.9. The van der Waals surface area contributed by atoms with Crippen molar-refractivity contribution in [2.24, 2.45) is 0 Å². The summed E-state index contributed by atoms with van der Waals surface area (Å²) >= 11 is 0. The topological polar surface area (TPSA) is 9.23 Å². The molecule has 0 aliphatic rings. The molecule has 0 heterocycles. The molecule has 0 saturated carbocycles. The minimum absolute atomic E-state index is 0.851. The molecule has 0 aromatic heterocycles. The number of hydrogen-bond acceptors (Lipinski definition) is 1. The zero-order chi connectivity index (χ0) is 11.6. The van der Waals surface area contributed by atoms with Crippen molar-refractivity contribution in [1.29, 1.82) is 0 Å². The second-order valence-corrected chi connectivity index (χ2v) is 4.38. The molecule has 15 heavy (non-hydrogen) atoms. The quantitative estimate of drug-likeness (QED) is 0.403. The molecule has 0 aliphatic carbocycles. The summed E-state index contributed by atoms with van der Waals surface area (Å²) in [5.74, 6) is 0. The maximum absolute atomic E-state index is 5.50. The summed E-state index contributed by atoms with van der Waals surface area (Å²) in [6.07, 6.45) is 3.93. The number of quaternary nitrogens is 1. The standard InChI is InChI=1S/C13H30NO/c1-5-9-11-14(7-3,10-6-2)12-13-15-8-4/h5-13H2,1-4H3/q+1. The molecule has 2 heteroatoms. The largest absolute Gasteiger partial charge is 0.376 e. The lowest BCUT2D eigenvalue weighted by molar-refractivity contribution is -0.927. The van der Waals surface area contributed by atoms with Gasteiger partial charge in [-0.3, -0.25) is 0 Å². The molecule has 2 nitrogen and oxygen atoms in total. The highest BCUT2D eigenvalue weighted by Crippen LogP contribution is 2.10. The molecule has 92 valence electrons. The number of hydrogen-bond donors (Lipinski definition) is 0. The van der Waals surface area contributed by atoms with Crippen molar-refractivity contribution in [3.8, 4) is 0 Å². The number of nitrogens with zero attached hydrogens (tertiary/aromatic N) is 1. The summed E-state index contributed by atoms with van der Waals surface area (Å²) in [5.41, 5.74) is 0. The monoisotopic (exact) mass is 216 g/mol. The molecule has 1 unspecified atom stereocenters. The number of likely N-dealkylation sites (N-methyl/N-ethyl adjacent to an activating group) is 1. The molecule has 0 aliphatic heterocycles. The van der Waals surface area contributed by atoms with Gasteiger partial charge in [0.2, 0.25) is 0 Å². The fourth-order valence-electron chi connectivity index (χ4n) is 2.18. The molecule has 0 rings (SSSR count). The lowest BCUT2D eigenvalue weighted by Crippen LogP contribution is -2.51. The highest BCUT2D eigenvalue weighted by molar-refractivity contribution is 4.44. The van der Waals surface area contributed by atoms with Crippen molar-refractivity contribution in [3.63, 3.8) is 0 Å². The highest BCUT2D eigenvalue weighted by atomic mass is 16.5. The normalized spacial score (nSPS) is 15.2. The van der Waals surface area contributed by atoms with Gasteiger partial charge in [0.15, 0.2) is 0 Å². The summed E-state index contributed by atoms with van der Waals surface area (Å²) < 4.78 is 6.76. The van der Waals surface area contributed by atoms with Gasteiger partial charge in [0.25, 0.3) is 0 Å². The molecule has 0 aromatic carbocycles. The minimum atomic E-state index is 0.851. The Labute approximate surface area is 96.2 Å². The van der Waals surface area contributed by atoms with E-state index in [2.05, 4.69) is 27.7 Å². The second-order valence-electron chi connectivity index (χ2n) is 4.38. The Bertz CT molecular complexity index is 138. The fraction of sp³-hybridized carbons (Fsp3) is 1.00. The fourth-order valence-corrected chi connectivity index (χ4v) is 2.18. The molecular formula is C13H30NO+. The van der Waals surface area contributed by atoms with Crippen LogP contribution in [0.3, 0.4) is 0 Å². The molecule has 0 aromatic rings. The van der Waals surface area contributed by atoms with Gasteiger partial charge in [-0.2, -0.15) is 0 Å². The Hall–Kier alpha value is -0.0800. The van der Waals surface area contributed by atoms with E-state index in [-0.39, 0.29) is 0 Å². The highest BCUT2D eigenvalue weighted by Gasteiger charge is 2.22. The van der Waals surface area contributed by atoms with Gasteiger partial charge >= 0.3 is 0 Å². The van der Waals surface area contributed by atoms with Crippen molar-refractivity contribution >= 4 is 0 Å². The van der Waals surface area contributed by atoms with Gasteiger partial charge in [0, 0.05) is 6.61 Å². The molecule has 0 amide bonds. The molecule has 0 fully saturated rings. The summed E-state index contributed by atoms with van der Waals surface area (Å²) in [4.78, 5) is 0. The van der Waals surface area contributed by atoms with E-state index < -0.39 is 0 Å². The predicted octanol–water partition coefficient (Wildman–Crippen LogP) is 3.07. The van der Waals surface area contributed by atoms with E-state index in [0.717, 1.165) is 13.2 Å². The number of ether oxygens (including phenoxy) is 1. The van der Waals surface area contributed by atoms with E-state index in [0.29, 0.717) is 0 Å². The Morgan fingerprint density at radius 1 is 0.867 bits per heavy atom. The number of unbranched alkanes of at least 4 members (excludes halogenated alkanes) is 1. The van der Waals surface area contributed by atoms with E-state index in [4.69, 9.17) is 4.74 Å². The Morgan fingerprint density at radius 2 is 1.60 bits per heavy atom. The summed E-state index contributed by atoms with van der Waals surface area (Å²) in [6, 6.07) is 0. The average molecular weight is 216 g/mol. The maximum atomic E-state index is 5.50. The van der Waals surface area contributed by atoms with Crippen molar-refractivity contribution in [1.82, 2.24) is 0 Å². The predicted molar refractivity (Wildman–Crippen MR) is 67.1 cm³/mol. The van der Waals surface area contributed by atoms with E-state index in [1.54, 1.807) is 0 Å². The lowest BCUT2D eigenvalue weighted by Gasteiger charge is -2.37. The Balaban J connectivity index is 4.09. The number of rotatable bonds is 10. The zero-order valence-electron chi connectivity index (χ0n) is 11.2. The average Bonchev–Trinajstić information content (AvgIpc) is 2.26. The smallest absolute Gasteiger partial charge is 0.102 e. The first-order chi connectivity index (χ1) is 7.24. The third-order valence-electron chi connectivity index (χ3n) is 3.27. The first-order valence-electron chi connectivity index (χ1n) is 6.67.